The lowest BCUT2D eigenvalue weighted by molar-refractivity contribution is 0.160. The van der Waals surface area contributed by atoms with Crippen molar-refractivity contribution in [2.75, 3.05) is 0 Å². The number of hydrogen-bond acceptors (Lipinski definition) is 1. The molecule has 1 aliphatic carbocycles. The summed E-state index contributed by atoms with van der Waals surface area (Å²) in [6, 6.07) is 15.6. The quantitative estimate of drug-likeness (QED) is 0.811. The normalized spacial score (nSPS) is 21.7. The van der Waals surface area contributed by atoms with Gasteiger partial charge in [0, 0.05) is 10.9 Å². The van der Waals surface area contributed by atoms with Crippen molar-refractivity contribution < 1.29 is 5.11 Å². The molecule has 0 heterocycles. The van der Waals surface area contributed by atoms with Gasteiger partial charge in [0.05, 0.1) is 6.10 Å². The Hall–Kier alpha value is -1.57. The average molecular weight is 257 g/mol. The highest BCUT2D eigenvalue weighted by molar-refractivity contribution is 6.30. The van der Waals surface area contributed by atoms with Gasteiger partial charge in [-0.15, -0.1) is 0 Å². The first-order valence-electron chi connectivity index (χ1n) is 5.96. The zero-order valence-electron chi connectivity index (χ0n) is 9.75. The number of benzene rings is 2. The SMILES string of the molecule is O[C@H]1c2ccccc2C=C[C@H]1c1cccc(Cl)c1. The van der Waals surface area contributed by atoms with E-state index in [0.29, 0.717) is 5.02 Å². The molecule has 0 fully saturated rings. The molecule has 0 bridgehead atoms. The molecule has 2 aromatic carbocycles. The maximum atomic E-state index is 10.5. The maximum Gasteiger partial charge on any atom is 0.0899 e. The fourth-order valence-electron chi connectivity index (χ4n) is 2.45. The Morgan fingerprint density at radius 1 is 1.00 bits per heavy atom. The van der Waals surface area contributed by atoms with Crippen molar-refractivity contribution in [3.05, 3.63) is 76.3 Å². The van der Waals surface area contributed by atoms with Gasteiger partial charge in [0.25, 0.3) is 0 Å². The Bertz CT molecular complexity index is 604. The van der Waals surface area contributed by atoms with Gasteiger partial charge in [-0.2, -0.15) is 0 Å². The average Bonchev–Trinajstić information content (AvgIpc) is 2.39. The molecule has 0 saturated heterocycles. The molecule has 2 aromatic rings. The van der Waals surface area contributed by atoms with Crippen molar-refractivity contribution in [2.24, 2.45) is 0 Å². The van der Waals surface area contributed by atoms with E-state index >= 15 is 0 Å². The van der Waals surface area contributed by atoms with Crippen molar-refractivity contribution in [1.29, 1.82) is 0 Å². The first-order chi connectivity index (χ1) is 8.75. The molecule has 0 aliphatic heterocycles. The van der Waals surface area contributed by atoms with Crippen LogP contribution in [0.3, 0.4) is 0 Å². The van der Waals surface area contributed by atoms with Crippen LogP contribution in [0.25, 0.3) is 6.08 Å². The van der Waals surface area contributed by atoms with Crippen LogP contribution in [0.2, 0.25) is 5.02 Å². The minimum Gasteiger partial charge on any atom is -0.387 e. The number of hydrogen-bond donors (Lipinski definition) is 1. The summed E-state index contributed by atoms with van der Waals surface area (Å²) in [7, 11) is 0. The van der Waals surface area contributed by atoms with Crippen LogP contribution in [0, 0.1) is 0 Å². The first-order valence-corrected chi connectivity index (χ1v) is 6.34. The van der Waals surface area contributed by atoms with Crippen molar-refractivity contribution >= 4 is 17.7 Å². The van der Waals surface area contributed by atoms with Gasteiger partial charge < -0.3 is 5.11 Å². The Morgan fingerprint density at radius 2 is 1.83 bits per heavy atom. The van der Waals surface area contributed by atoms with E-state index in [0.717, 1.165) is 16.7 Å². The summed E-state index contributed by atoms with van der Waals surface area (Å²) in [5.41, 5.74) is 3.11. The van der Waals surface area contributed by atoms with Gasteiger partial charge in [0.15, 0.2) is 0 Å². The van der Waals surface area contributed by atoms with Crippen LogP contribution in [0.5, 0.6) is 0 Å². The van der Waals surface area contributed by atoms with Gasteiger partial charge in [-0.05, 0) is 28.8 Å². The Labute approximate surface area is 111 Å². The minimum absolute atomic E-state index is 0.0291. The smallest absolute Gasteiger partial charge is 0.0899 e. The zero-order chi connectivity index (χ0) is 12.5. The van der Waals surface area contributed by atoms with E-state index in [1.54, 1.807) is 0 Å². The third kappa shape index (κ3) is 1.96. The van der Waals surface area contributed by atoms with Gasteiger partial charge >= 0.3 is 0 Å². The Morgan fingerprint density at radius 3 is 2.67 bits per heavy atom. The molecular weight excluding hydrogens is 244 g/mol. The van der Waals surface area contributed by atoms with Crippen LogP contribution in [-0.4, -0.2) is 5.11 Å². The van der Waals surface area contributed by atoms with Gasteiger partial charge in [0.2, 0.25) is 0 Å². The van der Waals surface area contributed by atoms with E-state index in [9.17, 15) is 5.11 Å². The van der Waals surface area contributed by atoms with Crippen molar-refractivity contribution in [2.45, 2.75) is 12.0 Å². The monoisotopic (exact) mass is 256 g/mol. The molecule has 0 saturated carbocycles. The first kappa shape index (κ1) is 11.5. The number of halogens is 1. The molecule has 90 valence electrons. The third-order valence-corrected chi connectivity index (χ3v) is 3.61. The molecule has 1 aliphatic rings. The largest absolute Gasteiger partial charge is 0.387 e. The Balaban J connectivity index is 2.03. The van der Waals surface area contributed by atoms with Gasteiger partial charge in [-0.3, -0.25) is 0 Å². The van der Waals surface area contributed by atoms with Crippen LogP contribution < -0.4 is 0 Å². The number of fused-ring (bicyclic) bond motifs is 1. The van der Waals surface area contributed by atoms with Crippen molar-refractivity contribution in [3.63, 3.8) is 0 Å². The zero-order valence-corrected chi connectivity index (χ0v) is 10.5. The highest BCUT2D eigenvalue weighted by atomic mass is 35.5. The second-order valence-electron chi connectivity index (χ2n) is 4.51. The Kier molecular flexibility index (Phi) is 2.94. The topological polar surface area (TPSA) is 20.2 Å². The maximum absolute atomic E-state index is 10.5. The van der Waals surface area contributed by atoms with Crippen molar-refractivity contribution in [1.82, 2.24) is 0 Å². The highest BCUT2D eigenvalue weighted by Crippen LogP contribution is 2.38. The number of aliphatic hydroxyl groups excluding tert-OH is 1. The molecule has 2 atom stereocenters. The predicted molar refractivity (Wildman–Crippen MR) is 74.6 cm³/mol. The van der Waals surface area contributed by atoms with E-state index in [-0.39, 0.29) is 5.92 Å². The van der Waals surface area contributed by atoms with Crippen LogP contribution in [0.1, 0.15) is 28.7 Å². The lowest BCUT2D eigenvalue weighted by Crippen LogP contribution is -2.13. The molecule has 2 heteroatoms. The molecule has 0 unspecified atom stereocenters. The van der Waals surface area contributed by atoms with Gasteiger partial charge in [0.1, 0.15) is 0 Å². The molecule has 18 heavy (non-hydrogen) atoms. The summed E-state index contributed by atoms with van der Waals surface area (Å²) in [5.74, 6) is -0.0291. The second kappa shape index (κ2) is 4.60. The van der Waals surface area contributed by atoms with Crippen LogP contribution in [0.4, 0.5) is 0 Å². The second-order valence-corrected chi connectivity index (χ2v) is 4.95. The van der Waals surface area contributed by atoms with E-state index < -0.39 is 6.10 Å². The predicted octanol–water partition coefficient (Wildman–Crippen LogP) is 4.18. The van der Waals surface area contributed by atoms with Crippen molar-refractivity contribution in [3.8, 4) is 0 Å². The molecule has 0 aromatic heterocycles. The molecule has 0 amide bonds. The molecule has 0 spiro atoms. The summed E-state index contributed by atoms with van der Waals surface area (Å²) in [6.07, 6.45) is 3.59. The molecule has 3 rings (SSSR count). The van der Waals surface area contributed by atoms with Crippen LogP contribution >= 0.6 is 11.6 Å². The summed E-state index contributed by atoms with van der Waals surface area (Å²) < 4.78 is 0. The fourth-order valence-corrected chi connectivity index (χ4v) is 2.64. The van der Waals surface area contributed by atoms with E-state index in [1.165, 1.54) is 0 Å². The van der Waals surface area contributed by atoms with E-state index in [4.69, 9.17) is 11.6 Å². The lowest BCUT2D eigenvalue weighted by Gasteiger charge is -2.26. The van der Waals surface area contributed by atoms with E-state index in [1.807, 2.05) is 54.6 Å². The summed E-state index contributed by atoms with van der Waals surface area (Å²) in [6.45, 7) is 0. The minimum atomic E-state index is -0.510. The molecular formula is C16H13ClO. The molecule has 1 nitrogen and oxygen atoms in total. The third-order valence-electron chi connectivity index (χ3n) is 3.37. The van der Waals surface area contributed by atoms with E-state index in [2.05, 4.69) is 6.08 Å². The number of aliphatic hydroxyl groups is 1. The lowest BCUT2D eigenvalue weighted by atomic mass is 9.83. The molecule has 1 N–H and O–H groups in total. The molecule has 0 radical (unpaired) electrons. The van der Waals surface area contributed by atoms with Crippen LogP contribution in [-0.2, 0) is 0 Å². The number of rotatable bonds is 1. The van der Waals surface area contributed by atoms with Gasteiger partial charge in [-0.25, -0.2) is 0 Å². The van der Waals surface area contributed by atoms with Gasteiger partial charge in [-0.1, -0.05) is 60.2 Å². The summed E-state index contributed by atoms with van der Waals surface area (Å²) in [5, 5.41) is 11.2. The summed E-state index contributed by atoms with van der Waals surface area (Å²) in [4.78, 5) is 0. The standard InChI is InChI=1S/C16H13ClO/c17-13-6-3-5-12(10-13)15-9-8-11-4-1-2-7-14(11)16(15)18/h1-10,15-16,18H/t15-,16-/m0/s1. The highest BCUT2D eigenvalue weighted by Gasteiger charge is 2.25. The fraction of sp³-hybridized carbons (Fsp3) is 0.125. The summed E-state index contributed by atoms with van der Waals surface area (Å²) >= 11 is 6.01. The van der Waals surface area contributed by atoms with Crippen LogP contribution in [0.15, 0.2) is 54.6 Å².